The van der Waals surface area contributed by atoms with Gasteiger partial charge in [-0.05, 0) is 31.9 Å². The number of hydrogen-bond acceptors (Lipinski definition) is 6. The van der Waals surface area contributed by atoms with Crippen LogP contribution in [0.15, 0.2) is 42.5 Å². The van der Waals surface area contributed by atoms with Crippen molar-refractivity contribution in [1.29, 1.82) is 0 Å². The van der Waals surface area contributed by atoms with Gasteiger partial charge in [-0.1, -0.05) is 24.3 Å². The van der Waals surface area contributed by atoms with E-state index in [9.17, 15) is 4.79 Å². The van der Waals surface area contributed by atoms with Crippen LogP contribution in [-0.2, 0) is 0 Å². The Labute approximate surface area is 176 Å². The molecule has 0 unspecified atom stereocenters. The molecule has 0 bridgehead atoms. The van der Waals surface area contributed by atoms with Crippen molar-refractivity contribution in [1.82, 2.24) is 19.9 Å². The average Bonchev–Trinajstić information content (AvgIpc) is 3.33. The molecule has 2 aliphatic heterocycles. The third-order valence-corrected chi connectivity index (χ3v) is 5.93. The number of rotatable bonds is 3. The van der Waals surface area contributed by atoms with Gasteiger partial charge in [0.05, 0.1) is 5.52 Å². The van der Waals surface area contributed by atoms with Crippen LogP contribution in [0.25, 0.3) is 10.9 Å². The quantitative estimate of drug-likeness (QED) is 0.671. The molecule has 5 rings (SSSR count). The SMILES string of the molecule is Cc1cc(N2CCN(C(=O)c3ccc4ccccc4n3)CC2)nc(N2CCCC2)n1. The summed E-state index contributed by atoms with van der Waals surface area (Å²) in [4.78, 5) is 33.4. The molecule has 2 fully saturated rings. The first kappa shape index (κ1) is 18.8. The summed E-state index contributed by atoms with van der Waals surface area (Å²) in [5.41, 5.74) is 2.35. The number of piperazine rings is 1. The number of nitrogens with zero attached hydrogens (tertiary/aromatic N) is 6. The first-order valence-corrected chi connectivity index (χ1v) is 10.7. The van der Waals surface area contributed by atoms with Gasteiger partial charge in [0.2, 0.25) is 5.95 Å². The largest absolute Gasteiger partial charge is 0.353 e. The summed E-state index contributed by atoms with van der Waals surface area (Å²) in [7, 11) is 0. The Balaban J connectivity index is 1.28. The Morgan fingerprint density at radius 1 is 0.833 bits per heavy atom. The van der Waals surface area contributed by atoms with Crippen LogP contribution in [0.1, 0.15) is 29.0 Å². The van der Waals surface area contributed by atoms with Crippen LogP contribution in [0, 0.1) is 6.92 Å². The molecule has 0 spiro atoms. The van der Waals surface area contributed by atoms with E-state index in [-0.39, 0.29) is 5.91 Å². The fourth-order valence-electron chi connectivity index (χ4n) is 4.24. The highest BCUT2D eigenvalue weighted by molar-refractivity contribution is 5.95. The minimum absolute atomic E-state index is 0.00275. The number of carbonyl (C=O) groups excluding carboxylic acids is 1. The molecule has 154 valence electrons. The van der Waals surface area contributed by atoms with E-state index in [0.717, 1.165) is 54.5 Å². The van der Waals surface area contributed by atoms with Gasteiger partial charge < -0.3 is 14.7 Å². The fourth-order valence-corrected chi connectivity index (χ4v) is 4.24. The molecule has 2 saturated heterocycles. The van der Waals surface area contributed by atoms with Crippen LogP contribution in [0.5, 0.6) is 0 Å². The molecule has 30 heavy (non-hydrogen) atoms. The van der Waals surface area contributed by atoms with E-state index in [1.54, 1.807) is 0 Å². The average molecular weight is 403 g/mol. The van der Waals surface area contributed by atoms with E-state index in [0.29, 0.717) is 18.8 Å². The number of aromatic nitrogens is 3. The van der Waals surface area contributed by atoms with Crippen molar-refractivity contribution in [2.75, 3.05) is 49.1 Å². The van der Waals surface area contributed by atoms with Crippen molar-refractivity contribution < 1.29 is 4.79 Å². The molecule has 7 heteroatoms. The maximum absolute atomic E-state index is 13.0. The van der Waals surface area contributed by atoms with Crippen LogP contribution in [0.3, 0.4) is 0 Å². The van der Waals surface area contributed by atoms with E-state index in [4.69, 9.17) is 4.98 Å². The molecule has 0 radical (unpaired) electrons. The number of para-hydroxylation sites is 1. The minimum Gasteiger partial charge on any atom is -0.353 e. The third-order valence-electron chi connectivity index (χ3n) is 5.93. The molecular formula is C23H26N6O. The second-order valence-corrected chi connectivity index (χ2v) is 8.03. The molecular weight excluding hydrogens is 376 g/mol. The lowest BCUT2D eigenvalue weighted by molar-refractivity contribution is 0.0741. The Morgan fingerprint density at radius 2 is 1.60 bits per heavy atom. The second kappa shape index (κ2) is 7.89. The number of carbonyl (C=O) groups is 1. The smallest absolute Gasteiger partial charge is 0.272 e. The number of aryl methyl sites for hydroxylation is 1. The highest BCUT2D eigenvalue weighted by Crippen LogP contribution is 2.22. The van der Waals surface area contributed by atoms with Crippen LogP contribution in [-0.4, -0.2) is 65.0 Å². The van der Waals surface area contributed by atoms with Gasteiger partial charge in [-0.25, -0.2) is 9.97 Å². The van der Waals surface area contributed by atoms with Crippen LogP contribution in [0.4, 0.5) is 11.8 Å². The van der Waals surface area contributed by atoms with E-state index in [1.165, 1.54) is 12.8 Å². The Bertz CT molecular complexity index is 1070. The summed E-state index contributed by atoms with van der Waals surface area (Å²) in [6.45, 7) is 6.93. The number of hydrogen-bond donors (Lipinski definition) is 0. The summed E-state index contributed by atoms with van der Waals surface area (Å²) >= 11 is 0. The molecule has 0 N–H and O–H groups in total. The number of anilines is 2. The summed E-state index contributed by atoms with van der Waals surface area (Å²) in [5.74, 6) is 1.79. The lowest BCUT2D eigenvalue weighted by atomic mass is 10.2. The van der Waals surface area contributed by atoms with Crippen LogP contribution >= 0.6 is 0 Å². The number of benzene rings is 1. The van der Waals surface area contributed by atoms with Gasteiger partial charge in [0.25, 0.3) is 5.91 Å². The van der Waals surface area contributed by atoms with Gasteiger partial charge in [0.1, 0.15) is 11.5 Å². The standard InChI is InChI=1S/C23H26N6O/c1-17-16-21(26-23(24-17)29-10-4-5-11-29)27-12-14-28(15-13-27)22(30)20-9-8-18-6-2-3-7-19(18)25-20/h2-3,6-9,16H,4-5,10-15H2,1H3. The first-order chi connectivity index (χ1) is 14.7. The topological polar surface area (TPSA) is 65.5 Å². The van der Waals surface area contributed by atoms with Crippen molar-refractivity contribution in [2.45, 2.75) is 19.8 Å². The zero-order valence-corrected chi connectivity index (χ0v) is 17.3. The predicted octanol–water partition coefficient (Wildman–Crippen LogP) is 2.90. The van der Waals surface area contributed by atoms with Crippen molar-refractivity contribution in [2.24, 2.45) is 0 Å². The van der Waals surface area contributed by atoms with E-state index < -0.39 is 0 Å². The van der Waals surface area contributed by atoms with Crippen molar-refractivity contribution in [3.05, 3.63) is 53.9 Å². The first-order valence-electron chi connectivity index (χ1n) is 10.7. The van der Waals surface area contributed by atoms with Gasteiger partial charge in [0, 0.05) is 56.4 Å². The monoisotopic (exact) mass is 402 g/mol. The lowest BCUT2D eigenvalue weighted by Gasteiger charge is -2.35. The molecule has 0 atom stereocenters. The minimum atomic E-state index is -0.00275. The Hall–Kier alpha value is -3.22. The molecule has 2 aromatic heterocycles. The summed E-state index contributed by atoms with van der Waals surface area (Å²) in [5, 5.41) is 1.05. The van der Waals surface area contributed by atoms with Gasteiger partial charge in [-0.3, -0.25) is 4.79 Å². The third kappa shape index (κ3) is 3.67. The normalized spacial score (nSPS) is 17.0. The second-order valence-electron chi connectivity index (χ2n) is 8.03. The molecule has 1 amide bonds. The Kier molecular flexibility index (Phi) is 4.94. The van der Waals surface area contributed by atoms with Crippen LogP contribution in [0.2, 0.25) is 0 Å². The summed E-state index contributed by atoms with van der Waals surface area (Å²) in [6, 6.07) is 13.7. The maximum atomic E-state index is 13.0. The molecule has 0 aliphatic carbocycles. The Morgan fingerprint density at radius 3 is 2.40 bits per heavy atom. The number of fused-ring (bicyclic) bond motifs is 1. The van der Waals surface area contributed by atoms with E-state index in [2.05, 4.69) is 19.8 Å². The summed E-state index contributed by atoms with van der Waals surface area (Å²) < 4.78 is 0. The van der Waals surface area contributed by atoms with Gasteiger partial charge in [0.15, 0.2) is 0 Å². The number of amides is 1. The van der Waals surface area contributed by atoms with Gasteiger partial charge >= 0.3 is 0 Å². The van der Waals surface area contributed by atoms with Crippen molar-refractivity contribution in [3.63, 3.8) is 0 Å². The summed E-state index contributed by atoms with van der Waals surface area (Å²) in [6.07, 6.45) is 2.41. The molecule has 3 aromatic rings. The van der Waals surface area contributed by atoms with Crippen molar-refractivity contribution >= 4 is 28.6 Å². The number of pyridine rings is 1. The van der Waals surface area contributed by atoms with Crippen LogP contribution < -0.4 is 9.80 Å². The maximum Gasteiger partial charge on any atom is 0.272 e. The highest BCUT2D eigenvalue weighted by atomic mass is 16.2. The fraction of sp³-hybridized carbons (Fsp3) is 0.391. The van der Waals surface area contributed by atoms with Crippen molar-refractivity contribution in [3.8, 4) is 0 Å². The van der Waals surface area contributed by atoms with E-state index >= 15 is 0 Å². The molecule has 0 saturated carbocycles. The molecule has 1 aromatic carbocycles. The van der Waals surface area contributed by atoms with Gasteiger partial charge in [-0.2, -0.15) is 4.98 Å². The molecule has 7 nitrogen and oxygen atoms in total. The van der Waals surface area contributed by atoms with E-state index in [1.807, 2.05) is 54.3 Å². The predicted molar refractivity (Wildman–Crippen MR) is 118 cm³/mol. The molecule has 2 aliphatic rings. The van der Waals surface area contributed by atoms with Gasteiger partial charge in [-0.15, -0.1) is 0 Å². The zero-order chi connectivity index (χ0) is 20.5. The highest BCUT2D eigenvalue weighted by Gasteiger charge is 2.25. The molecule has 4 heterocycles. The lowest BCUT2D eigenvalue weighted by Crippen LogP contribution is -2.49. The zero-order valence-electron chi connectivity index (χ0n) is 17.3.